The minimum absolute atomic E-state index is 0.0855. The van der Waals surface area contributed by atoms with Gasteiger partial charge in [-0.25, -0.2) is 9.97 Å². The number of hydrogen-bond acceptors (Lipinski definition) is 6. The number of carbonyl (C=O) groups is 1. The molecule has 170 valence electrons. The first-order valence-electron chi connectivity index (χ1n) is 11.2. The van der Waals surface area contributed by atoms with Crippen LogP contribution in [0.3, 0.4) is 0 Å². The van der Waals surface area contributed by atoms with Crippen LogP contribution in [0.15, 0.2) is 61.2 Å². The lowest BCUT2D eigenvalue weighted by atomic mass is 9.75. The lowest BCUT2D eigenvalue weighted by molar-refractivity contribution is 0.0647. The Morgan fingerprint density at radius 3 is 2.42 bits per heavy atom. The van der Waals surface area contributed by atoms with Crippen molar-refractivity contribution in [2.24, 2.45) is 5.41 Å². The highest BCUT2D eigenvalue weighted by Gasteiger charge is 2.37. The van der Waals surface area contributed by atoms with Crippen molar-refractivity contribution in [2.75, 3.05) is 20.2 Å². The first-order chi connectivity index (χ1) is 16.1. The second kappa shape index (κ2) is 11.2. The molecule has 33 heavy (non-hydrogen) atoms. The summed E-state index contributed by atoms with van der Waals surface area (Å²) in [6.07, 6.45) is 6.65. The Labute approximate surface area is 195 Å². The van der Waals surface area contributed by atoms with Gasteiger partial charge in [0.25, 0.3) is 5.91 Å². The largest absolute Gasteiger partial charge is 0.497 e. The molecule has 7 nitrogen and oxygen atoms in total. The van der Waals surface area contributed by atoms with Gasteiger partial charge in [-0.3, -0.25) is 9.78 Å². The molecule has 0 radical (unpaired) electrons. The zero-order valence-electron chi connectivity index (χ0n) is 19.4. The Bertz CT molecular complexity index is 1090. The van der Waals surface area contributed by atoms with Crippen molar-refractivity contribution in [3.05, 3.63) is 72.3 Å². The topological polar surface area (TPSA) is 92.0 Å². The Balaban J connectivity index is 0.00000149. The van der Waals surface area contributed by atoms with Crippen LogP contribution in [-0.2, 0) is 6.42 Å². The van der Waals surface area contributed by atoms with E-state index in [1.54, 1.807) is 37.7 Å². The van der Waals surface area contributed by atoms with E-state index in [4.69, 9.17) is 4.74 Å². The second-order valence-corrected chi connectivity index (χ2v) is 7.70. The number of benzene rings is 1. The quantitative estimate of drug-likeness (QED) is 0.574. The molecule has 0 saturated carbocycles. The third-order valence-corrected chi connectivity index (χ3v) is 5.81. The number of ether oxygens (including phenoxy) is 1. The molecular formula is C26H29N5O2. The van der Waals surface area contributed by atoms with E-state index < -0.39 is 5.41 Å². The maximum absolute atomic E-state index is 13.3. The third kappa shape index (κ3) is 5.53. The predicted octanol–water partition coefficient (Wildman–Crippen LogP) is 4.56. The number of methoxy groups -OCH3 is 1. The summed E-state index contributed by atoms with van der Waals surface area (Å²) in [6, 6.07) is 15.6. The Kier molecular flexibility index (Phi) is 8.09. The fraction of sp³-hybridized carbons (Fsp3) is 0.346. The van der Waals surface area contributed by atoms with Crippen molar-refractivity contribution in [2.45, 2.75) is 33.1 Å². The Morgan fingerprint density at radius 1 is 1.09 bits per heavy atom. The molecule has 3 heterocycles. The fourth-order valence-corrected chi connectivity index (χ4v) is 3.98. The van der Waals surface area contributed by atoms with E-state index in [1.807, 2.05) is 43.0 Å². The summed E-state index contributed by atoms with van der Waals surface area (Å²) in [5.41, 5.74) is 2.30. The highest BCUT2D eigenvalue weighted by molar-refractivity contribution is 5.99. The number of rotatable bonds is 5. The molecule has 0 unspecified atom stereocenters. The van der Waals surface area contributed by atoms with Gasteiger partial charge in [0.1, 0.15) is 17.8 Å². The second-order valence-electron chi connectivity index (χ2n) is 7.70. The summed E-state index contributed by atoms with van der Waals surface area (Å²) in [6.45, 7) is 5.06. The van der Waals surface area contributed by atoms with Gasteiger partial charge in [0, 0.05) is 25.5 Å². The summed E-state index contributed by atoms with van der Waals surface area (Å²) in [4.78, 5) is 27.6. The van der Waals surface area contributed by atoms with Crippen LogP contribution in [0.2, 0.25) is 0 Å². The molecule has 7 heteroatoms. The summed E-state index contributed by atoms with van der Waals surface area (Å²) >= 11 is 0. The standard InChI is InChI=1S/C24H23N5O2.C2H6/c1-31-19-6-4-18(5-7-19)15-24(16-25)9-13-29(14-10-24)23(30)20-3-2-11-27-22(20)21-8-12-26-17-28-21;1-2/h2-8,11-12,17H,9-10,13-15H2,1H3;1-2H3. The van der Waals surface area contributed by atoms with Crippen LogP contribution in [-0.4, -0.2) is 46.0 Å². The van der Waals surface area contributed by atoms with Gasteiger partial charge in [0.05, 0.1) is 29.9 Å². The minimum Gasteiger partial charge on any atom is -0.497 e. The first kappa shape index (κ1) is 23.9. The number of amides is 1. The van der Waals surface area contributed by atoms with Crippen molar-refractivity contribution in [3.63, 3.8) is 0 Å². The molecule has 0 bridgehead atoms. The van der Waals surface area contributed by atoms with E-state index >= 15 is 0 Å². The molecule has 1 amide bonds. The van der Waals surface area contributed by atoms with Crippen LogP contribution in [0.5, 0.6) is 5.75 Å². The van der Waals surface area contributed by atoms with E-state index in [1.165, 1.54) is 6.33 Å². The molecule has 1 saturated heterocycles. The van der Waals surface area contributed by atoms with Gasteiger partial charge in [0.15, 0.2) is 0 Å². The molecule has 0 spiro atoms. The summed E-state index contributed by atoms with van der Waals surface area (Å²) in [5.74, 6) is 0.712. The highest BCUT2D eigenvalue weighted by Crippen LogP contribution is 2.35. The Morgan fingerprint density at radius 2 is 1.82 bits per heavy atom. The monoisotopic (exact) mass is 443 g/mol. The number of piperidine rings is 1. The van der Waals surface area contributed by atoms with Gasteiger partial charge in [-0.15, -0.1) is 0 Å². The van der Waals surface area contributed by atoms with Gasteiger partial charge in [-0.2, -0.15) is 5.26 Å². The van der Waals surface area contributed by atoms with Crippen LogP contribution in [0.25, 0.3) is 11.4 Å². The van der Waals surface area contributed by atoms with Crippen LogP contribution in [0.1, 0.15) is 42.6 Å². The maximum Gasteiger partial charge on any atom is 0.256 e. The fourth-order valence-electron chi connectivity index (χ4n) is 3.98. The Hall–Kier alpha value is -3.79. The molecule has 4 rings (SSSR count). The zero-order valence-corrected chi connectivity index (χ0v) is 19.4. The van der Waals surface area contributed by atoms with Crippen LogP contribution in [0, 0.1) is 16.7 Å². The van der Waals surface area contributed by atoms with Crippen molar-refractivity contribution in [1.29, 1.82) is 5.26 Å². The molecule has 1 fully saturated rings. The number of likely N-dealkylation sites (tertiary alicyclic amines) is 1. The number of hydrogen-bond donors (Lipinski definition) is 0. The number of nitriles is 1. The molecule has 0 N–H and O–H groups in total. The van der Waals surface area contributed by atoms with Crippen molar-refractivity contribution in [3.8, 4) is 23.2 Å². The van der Waals surface area contributed by atoms with Gasteiger partial charge in [0.2, 0.25) is 0 Å². The molecule has 1 aromatic carbocycles. The van der Waals surface area contributed by atoms with Crippen LogP contribution < -0.4 is 4.74 Å². The summed E-state index contributed by atoms with van der Waals surface area (Å²) in [7, 11) is 1.64. The normalized spacial score (nSPS) is 14.4. The predicted molar refractivity (Wildman–Crippen MR) is 126 cm³/mol. The lowest BCUT2D eigenvalue weighted by Crippen LogP contribution is -2.43. The maximum atomic E-state index is 13.3. The van der Waals surface area contributed by atoms with Crippen LogP contribution in [0.4, 0.5) is 0 Å². The number of nitrogens with zero attached hydrogens (tertiary/aromatic N) is 5. The van der Waals surface area contributed by atoms with Crippen molar-refractivity contribution >= 4 is 5.91 Å². The molecule has 1 aliphatic heterocycles. The number of aromatic nitrogens is 3. The van der Waals surface area contributed by atoms with Crippen molar-refractivity contribution < 1.29 is 9.53 Å². The van der Waals surface area contributed by atoms with Gasteiger partial charge in [-0.05, 0) is 55.2 Å². The smallest absolute Gasteiger partial charge is 0.256 e. The van der Waals surface area contributed by atoms with E-state index in [0.29, 0.717) is 49.3 Å². The molecule has 1 aliphatic rings. The zero-order chi connectivity index (χ0) is 23.7. The summed E-state index contributed by atoms with van der Waals surface area (Å²) in [5, 5.41) is 9.94. The van der Waals surface area contributed by atoms with Gasteiger partial charge in [-0.1, -0.05) is 26.0 Å². The summed E-state index contributed by atoms with van der Waals surface area (Å²) < 4.78 is 5.21. The van der Waals surface area contributed by atoms with Crippen molar-refractivity contribution in [1.82, 2.24) is 19.9 Å². The van der Waals surface area contributed by atoms with E-state index in [-0.39, 0.29) is 5.91 Å². The average Bonchev–Trinajstić information content (AvgIpc) is 2.91. The minimum atomic E-state index is -0.476. The highest BCUT2D eigenvalue weighted by atomic mass is 16.5. The first-order valence-corrected chi connectivity index (χ1v) is 11.2. The molecule has 2 aromatic heterocycles. The van der Waals surface area contributed by atoms with E-state index in [9.17, 15) is 10.1 Å². The van der Waals surface area contributed by atoms with E-state index in [2.05, 4.69) is 21.0 Å². The van der Waals surface area contributed by atoms with Crippen LogP contribution >= 0.6 is 0 Å². The molecule has 0 atom stereocenters. The molecule has 0 aliphatic carbocycles. The van der Waals surface area contributed by atoms with Gasteiger partial charge >= 0.3 is 0 Å². The van der Waals surface area contributed by atoms with E-state index in [0.717, 1.165) is 11.3 Å². The number of pyridine rings is 1. The average molecular weight is 444 g/mol. The lowest BCUT2D eigenvalue weighted by Gasteiger charge is -2.37. The SMILES string of the molecule is CC.COc1ccc(CC2(C#N)CCN(C(=O)c3cccnc3-c3ccncn3)CC2)cc1. The molecule has 3 aromatic rings. The number of carbonyl (C=O) groups excluding carboxylic acids is 1. The third-order valence-electron chi connectivity index (χ3n) is 5.81. The van der Waals surface area contributed by atoms with Gasteiger partial charge < -0.3 is 9.64 Å². The molecular weight excluding hydrogens is 414 g/mol.